The molecule has 1 aromatic carbocycles. The predicted molar refractivity (Wildman–Crippen MR) is 100.0 cm³/mol. The molecule has 0 unspecified atom stereocenters. The average molecular weight is 333 g/mol. The number of ether oxygens (including phenoxy) is 2. The molecule has 0 atom stereocenters. The van der Waals surface area contributed by atoms with Crippen LogP contribution >= 0.6 is 0 Å². The van der Waals surface area contributed by atoms with E-state index in [4.69, 9.17) is 9.47 Å². The van der Waals surface area contributed by atoms with Crippen molar-refractivity contribution in [2.75, 3.05) is 52.0 Å². The van der Waals surface area contributed by atoms with Crippen LogP contribution < -0.4 is 10.2 Å². The molecule has 1 aromatic rings. The lowest BCUT2D eigenvalue weighted by molar-refractivity contribution is 0.0202. The number of hydrogen-bond donors (Lipinski definition) is 1. The van der Waals surface area contributed by atoms with Gasteiger partial charge in [0.2, 0.25) is 0 Å². The van der Waals surface area contributed by atoms with Crippen LogP contribution in [0.2, 0.25) is 0 Å². The highest BCUT2D eigenvalue weighted by atomic mass is 16.7. The van der Waals surface area contributed by atoms with Crippen molar-refractivity contribution in [3.8, 4) is 0 Å². The molecule has 1 fully saturated rings. The maximum Gasteiger partial charge on any atom is 0.187 e. The highest BCUT2D eigenvalue weighted by Gasteiger charge is 2.25. The van der Waals surface area contributed by atoms with E-state index < -0.39 is 0 Å². The lowest BCUT2D eigenvalue weighted by atomic mass is 10.0. The molecular formula is C19H31N3O2. The molecule has 1 heterocycles. The molecule has 2 rings (SSSR count). The number of methoxy groups -OCH3 is 1. The van der Waals surface area contributed by atoms with E-state index in [-0.39, 0.29) is 12.3 Å². The third-order valence-electron chi connectivity index (χ3n) is 4.41. The van der Waals surface area contributed by atoms with Crippen LogP contribution in [0.25, 0.3) is 5.70 Å². The van der Waals surface area contributed by atoms with E-state index in [1.807, 2.05) is 7.05 Å². The smallest absolute Gasteiger partial charge is 0.187 e. The number of nitrogens with one attached hydrogen (secondary N) is 1. The van der Waals surface area contributed by atoms with E-state index >= 15 is 0 Å². The van der Waals surface area contributed by atoms with E-state index in [9.17, 15) is 0 Å². The average Bonchev–Trinajstić information content (AvgIpc) is 2.58. The zero-order valence-electron chi connectivity index (χ0n) is 15.6. The maximum atomic E-state index is 5.36. The molecule has 0 bridgehead atoms. The van der Waals surface area contributed by atoms with Gasteiger partial charge < -0.3 is 19.7 Å². The van der Waals surface area contributed by atoms with Crippen LogP contribution in [0.3, 0.4) is 0 Å². The number of benzene rings is 1. The van der Waals surface area contributed by atoms with Gasteiger partial charge in [-0.15, -0.1) is 0 Å². The largest absolute Gasteiger partial charge is 0.473 e. The summed E-state index contributed by atoms with van der Waals surface area (Å²) in [5, 5.41) is 3.19. The SMILES string of the molecule is CN/C(=C/OCOC)c1cccc(N2CCN(C(C)(C)C)CC2)c1. The Morgan fingerprint density at radius 2 is 1.92 bits per heavy atom. The van der Waals surface area contributed by atoms with E-state index in [0.29, 0.717) is 0 Å². The molecule has 0 saturated carbocycles. The Kier molecular flexibility index (Phi) is 6.52. The van der Waals surface area contributed by atoms with Crippen molar-refractivity contribution in [1.29, 1.82) is 0 Å². The van der Waals surface area contributed by atoms with Gasteiger partial charge in [-0.3, -0.25) is 4.90 Å². The minimum Gasteiger partial charge on any atom is -0.473 e. The molecule has 5 heteroatoms. The molecular weight excluding hydrogens is 302 g/mol. The Bertz CT molecular complexity index is 544. The second-order valence-corrected chi connectivity index (χ2v) is 7.05. The van der Waals surface area contributed by atoms with Gasteiger partial charge in [0.15, 0.2) is 6.79 Å². The monoisotopic (exact) mass is 333 g/mol. The normalized spacial score (nSPS) is 17.0. The second-order valence-electron chi connectivity index (χ2n) is 7.05. The Labute approximate surface area is 146 Å². The molecule has 5 nitrogen and oxygen atoms in total. The van der Waals surface area contributed by atoms with E-state index in [0.717, 1.165) is 37.4 Å². The van der Waals surface area contributed by atoms with Crippen molar-refractivity contribution < 1.29 is 9.47 Å². The van der Waals surface area contributed by atoms with Gasteiger partial charge in [0, 0.05) is 57.1 Å². The van der Waals surface area contributed by atoms with E-state index in [1.165, 1.54) is 5.69 Å². The van der Waals surface area contributed by atoms with Gasteiger partial charge in [-0.25, -0.2) is 0 Å². The quantitative estimate of drug-likeness (QED) is 0.492. The topological polar surface area (TPSA) is 37.0 Å². The van der Waals surface area contributed by atoms with Crippen molar-refractivity contribution in [2.24, 2.45) is 0 Å². The Morgan fingerprint density at radius 3 is 2.50 bits per heavy atom. The molecule has 1 aliphatic heterocycles. The standard InChI is InChI=1S/C19H31N3O2/c1-19(2,3)22-11-9-21(10-12-22)17-8-6-7-16(13-17)18(20-4)14-24-15-23-5/h6-8,13-14,20H,9-12,15H2,1-5H3/b18-14+. The zero-order chi connectivity index (χ0) is 17.6. The number of nitrogens with zero attached hydrogens (tertiary/aromatic N) is 2. The zero-order valence-corrected chi connectivity index (χ0v) is 15.6. The van der Waals surface area contributed by atoms with Crippen LogP contribution in [0.15, 0.2) is 30.5 Å². The highest BCUT2D eigenvalue weighted by molar-refractivity contribution is 5.67. The molecule has 1 saturated heterocycles. The summed E-state index contributed by atoms with van der Waals surface area (Å²) in [6.45, 7) is 11.4. The summed E-state index contributed by atoms with van der Waals surface area (Å²) in [4.78, 5) is 5.00. The van der Waals surface area contributed by atoms with Gasteiger partial charge in [-0.2, -0.15) is 0 Å². The van der Waals surface area contributed by atoms with Crippen LogP contribution in [0.1, 0.15) is 26.3 Å². The van der Waals surface area contributed by atoms with Gasteiger partial charge in [0.25, 0.3) is 0 Å². The van der Waals surface area contributed by atoms with Gasteiger partial charge in [-0.05, 0) is 32.9 Å². The van der Waals surface area contributed by atoms with Crippen LogP contribution in [0, 0.1) is 0 Å². The number of hydrogen-bond acceptors (Lipinski definition) is 5. The Morgan fingerprint density at radius 1 is 1.21 bits per heavy atom. The van der Waals surface area contributed by atoms with Gasteiger partial charge >= 0.3 is 0 Å². The van der Waals surface area contributed by atoms with Gasteiger partial charge in [-0.1, -0.05) is 12.1 Å². The van der Waals surface area contributed by atoms with Gasteiger partial charge in [0.1, 0.15) is 6.26 Å². The summed E-state index contributed by atoms with van der Waals surface area (Å²) in [5.74, 6) is 0. The van der Waals surface area contributed by atoms with Crippen molar-refractivity contribution >= 4 is 11.4 Å². The summed E-state index contributed by atoms with van der Waals surface area (Å²) in [7, 11) is 3.52. The number of rotatable bonds is 6. The van der Waals surface area contributed by atoms with Crippen LogP contribution in [-0.4, -0.2) is 57.6 Å². The molecule has 24 heavy (non-hydrogen) atoms. The molecule has 0 spiro atoms. The number of anilines is 1. The highest BCUT2D eigenvalue weighted by Crippen LogP contribution is 2.23. The summed E-state index contributed by atoms with van der Waals surface area (Å²) >= 11 is 0. The minimum absolute atomic E-state index is 0.245. The van der Waals surface area contributed by atoms with Crippen molar-refractivity contribution in [3.05, 3.63) is 36.1 Å². The minimum atomic E-state index is 0.245. The van der Waals surface area contributed by atoms with E-state index in [2.05, 4.69) is 60.2 Å². The first kappa shape index (κ1) is 18.6. The fraction of sp³-hybridized carbons (Fsp3) is 0.579. The lowest BCUT2D eigenvalue weighted by Crippen LogP contribution is -2.53. The van der Waals surface area contributed by atoms with Crippen molar-refractivity contribution in [3.63, 3.8) is 0 Å². The first-order chi connectivity index (χ1) is 11.5. The fourth-order valence-electron chi connectivity index (χ4n) is 2.96. The van der Waals surface area contributed by atoms with Crippen molar-refractivity contribution in [2.45, 2.75) is 26.3 Å². The Hall–Kier alpha value is -1.72. The molecule has 1 N–H and O–H groups in total. The lowest BCUT2D eigenvalue weighted by Gasteiger charge is -2.43. The predicted octanol–water partition coefficient (Wildman–Crippen LogP) is 2.75. The van der Waals surface area contributed by atoms with Crippen LogP contribution in [-0.2, 0) is 9.47 Å². The molecule has 1 aliphatic rings. The Balaban J connectivity index is 2.06. The molecule has 0 aliphatic carbocycles. The summed E-state index contributed by atoms with van der Waals surface area (Å²) < 4.78 is 10.3. The first-order valence-corrected chi connectivity index (χ1v) is 8.54. The number of piperazine rings is 1. The third kappa shape index (κ3) is 4.89. The molecule has 0 radical (unpaired) electrons. The summed E-state index contributed by atoms with van der Waals surface area (Å²) in [6, 6.07) is 8.58. The molecule has 0 amide bonds. The van der Waals surface area contributed by atoms with Gasteiger partial charge in [0.05, 0.1) is 5.70 Å². The molecule has 134 valence electrons. The van der Waals surface area contributed by atoms with E-state index in [1.54, 1.807) is 13.4 Å². The van der Waals surface area contributed by atoms with Crippen molar-refractivity contribution in [1.82, 2.24) is 10.2 Å². The first-order valence-electron chi connectivity index (χ1n) is 8.54. The van der Waals surface area contributed by atoms with Crippen LogP contribution in [0.5, 0.6) is 0 Å². The third-order valence-corrected chi connectivity index (χ3v) is 4.41. The fourth-order valence-corrected chi connectivity index (χ4v) is 2.96. The van der Waals surface area contributed by atoms with Crippen LogP contribution in [0.4, 0.5) is 5.69 Å². The second kappa shape index (κ2) is 8.40. The molecule has 0 aromatic heterocycles. The summed E-state index contributed by atoms with van der Waals surface area (Å²) in [6.07, 6.45) is 1.71. The maximum absolute atomic E-state index is 5.36. The summed E-state index contributed by atoms with van der Waals surface area (Å²) in [5.41, 5.74) is 3.56.